The zero-order valence-electron chi connectivity index (χ0n) is 28.5. The summed E-state index contributed by atoms with van der Waals surface area (Å²) in [5, 5.41) is 10.3. The summed E-state index contributed by atoms with van der Waals surface area (Å²) in [4.78, 5) is 0. The van der Waals surface area contributed by atoms with Crippen molar-refractivity contribution in [1.82, 2.24) is 4.57 Å². The quantitative estimate of drug-likeness (QED) is 0.137. The van der Waals surface area contributed by atoms with Crippen LogP contribution >= 0.6 is 11.3 Å². The summed E-state index contributed by atoms with van der Waals surface area (Å²) >= 11 is 1.88. The highest BCUT2D eigenvalue weighted by Crippen LogP contribution is 2.44. The first-order valence-corrected chi connectivity index (χ1v) is 18.6. The van der Waals surface area contributed by atoms with E-state index >= 15 is 0 Å². The van der Waals surface area contributed by atoms with E-state index in [2.05, 4.69) is 168 Å². The first kappa shape index (κ1) is 30.4. The topological polar surface area (TPSA) is 30.9 Å². The van der Waals surface area contributed by atoms with Crippen molar-refractivity contribution in [3.8, 4) is 5.69 Å². The standard InChI is InChI=1S/C49H34N2S/c50-43(34-13-5-2-6-14-34)31-36(20-19-32-11-3-1-4-12-32)33-21-25-37(26-22-33)51-44-17-9-7-15-38(44)40-29-28-39-41(49(40)51)27-23-35-24-30-46-48(47(35)39)42-16-8-10-18-45(42)52-46/h1-18,20-31H,19,50H2/b36-20+,43-31-. The number of rotatable bonds is 6. The molecule has 2 nitrogen and oxygen atoms in total. The third-order valence-electron chi connectivity index (χ3n) is 10.4. The van der Waals surface area contributed by atoms with Gasteiger partial charge in [-0.3, -0.25) is 0 Å². The van der Waals surface area contributed by atoms with Crippen LogP contribution in [0.5, 0.6) is 0 Å². The molecule has 3 heteroatoms. The maximum absolute atomic E-state index is 6.70. The van der Waals surface area contributed by atoms with Crippen LogP contribution in [0.2, 0.25) is 0 Å². The molecule has 0 unspecified atom stereocenters. The van der Waals surface area contributed by atoms with Gasteiger partial charge in [0.2, 0.25) is 0 Å². The predicted octanol–water partition coefficient (Wildman–Crippen LogP) is 13.1. The summed E-state index contributed by atoms with van der Waals surface area (Å²) in [6.07, 6.45) is 5.21. The molecule has 0 aliphatic rings. The van der Waals surface area contributed by atoms with Gasteiger partial charge in [-0.15, -0.1) is 11.3 Å². The van der Waals surface area contributed by atoms with Crippen molar-refractivity contribution >= 4 is 86.1 Å². The molecule has 0 amide bonds. The molecule has 0 bridgehead atoms. The number of fused-ring (bicyclic) bond motifs is 11. The third kappa shape index (κ3) is 5.01. The van der Waals surface area contributed by atoms with Gasteiger partial charge < -0.3 is 10.3 Å². The fraction of sp³-hybridized carbons (Fsp3) is 0.0204. The maximum atomic E-state index is 6.70. The Kier molecular flexibility index (Phi) is 7.26. The van der Waals surface area contributed by atoms with E-state index in [1.807, 2.05) is 29.5 Å². The molecule has 0 atom stereocenters. The smallest absolute Gasteiger partial charge is 0.0619 e. The molecule has 246 valence electrons. The second kappa shape index (κ2) is 12.4. The average molecular weight is 683 g/mol. The van der Waals surface area contributed by atoms with E-state index in [4.69, 9.17) is 5.73 Å². The van der Waals surface area contributed by atoms with Gasteiger partial charge in [-0.1, -0.05) is 146 Å². The Morgan fingerprint density at radius 3 is 2.00 bits per heavy atom. The summed E-state index contributed by atoms with van der Waals surface area (Å²) in [5.74, 6) is 0. The molecule has 0 spiro atoms. The molecule has 0 saturated carbocycles. The molecule has 10 aromatic rings. The van der Waals surface area contributed by atoms with Crippen LogP contribution in [0.4, 0.5) is 0 Å². The zero-order valence-corrected chi connectivity index (χ0v) is 29.3. The number of benzene rings is 8. The van der Waals surface area contributed by atoms with Crippen LogP contribution < -0.4 is 5.73 Å². The van der Waals surface area contributed by atoms with E-state index in [-0.39, 0.29) is 0 Å². The van der Waals surface area contributed by atoms with Gasteiger partial charge in [0, 0.05) is 47.7 Å². The molecule has 0 saturated heterocycles. The highest BCUT2D eigenvalue weighted by Gasteiger charge is 2.18. The average Bonchev–Trinajstić information content (AvgIpc) is 3.76. The van der Waals surface area contributed by atoms with E-state index in [1.54, 1.807) is 0 Å². The lowest BCUT2D eigenvalue weighted by Gasteiger charge is -2.13. The van der Waals surface area contributed by atoms with Crippen LogP contribution in [0.15, 0.2) is 182 Å². The minimum absolute atomic E-state index is 0.748. The number of hydrogen-bond acceptors (Lipinski definition) is 2. The minimum atomic E-state index is 0.748. The Morgan fingerprint density at radius 2 is 1.17 bits per heavy atom. The van der Waals surface area contributed by atoms with Crippen LogP contribution in [-0.2, 0) is 6.42 Å². The van der Waals surface area contributed by atoms with Gasteiger partial charge in [0.15, 0.2) is 0 Å². The Hall–Kier alpha value is -6.42. The molecule has 2 heterocycles. The van der Waals surface area contributed by atoms with Crippen molar-refractivity contribution in [2.75, 3.05) is 0 Å². The van der Waals surface area contributed by atoms with Crippen LogP contribution in [-0.4, -0.2) is 4.57 Å². The van der Waals surface area contributed by atoms with E-state index in [0.717, 1.165) is 34.5 Å². The molecule has 2 N–H and O–H groups in total. The Bertz CT molecular complexity index is 3020. The van der Waals surface area contributed by atoms with Gasteiger partial charge in [0.05, 0.1) is 11.0 Å². The lowest BCUT2D eigenvalue weighted by Crippen LogP contribution is -1.98. The molecule has 0 aliphatic carbocycles. The molecule has 8 aromatic carbocycles. The second-order valence-corrected chi connectivity index (χ2v) is 14.6. The molecule has 0 radical (unpaired) electrons. The van der Waals surface area contributed by atoms with Crippen LogP contribution in [0.25, 0.3) is 80.5 Å². The second-order valence-electron chi connectivity index (χ2n) is 13.5. The van der Waals surface area contributed by atoms with Crippen LogP contribution in [0.3, 0.4) is 0 Å². The lowest BCUT2D eigenvalue weighted by molar-refractivity contribution is 1.18. The van der Waals surface area contributed by atoms with E-state index in [9.17, 15) is 0 Å². The van der Waals surface area contributed by atoms with Gasteiger partial charge in [0.1, 0.15) is 0 Å². The fourth-order valence-electron chi connectivity index (χ4n) is 7.96. The highest BCUT2D eigenvalue weighted by atomic mass is 32.1. The van der Waals surface area contributed by atoms with Crippen molar-refractivity contribution < 1.29 is 0 Å². The van der Waals surface area contributed by atoms with Gasteiger partial charge >= 0.3 is 0 Å². The van der Waals surface area contributed by atoms with E-state index in [1.165, 1.54) is 69.1 Å². The van der Waals surface area contributed by atoms with Crippen molar-refractivity contribution in [3.63, 3.8) is 0 Å². The first-order valence-electron chi connectivity index (χ1n) is 17.8. The van der Waals surface area contributed by atoms with Crippen molar-refractivity contribution in [2.24, 2.45) is 5.73 Å². The van der Waals surface area contributed by atoms with Gasteiger partial charge in [0.25, 0.3) is 0 Å². The predicted molar refractivity (Wildman–Crippen MR) is 225 cm³/mol. The molecule has 52 heavy (non-hydrogen) atoms. The number of nitrogens with two attached hydrogens (primary N) is 1. The largest absolute Gasteiger partial charge is 0.398 e. The van der Waals surface area contributed by atoms with Gasteiger partial charge in [-0.05, 0) is 81.3 Å². The van der Waals surface area contributed by atoms with Crippen LogP contribution in [0.1, 0.15) is 16.7 Å². The number of hydrogen-bond donors (Lipinski definition) is 1. The van der Waals surface area contributed by atoms with Gasteiger partial charge in [-0.2, -0.15) is 0 Å². The monoisotopic (exact) mass is 682 g/mol. The maximum Gasteiger partial charge on any atom is 0.0619 e. The van der Waals surface area contributed by atoms with Gasteiger partial charge in [-0.25, -0.2) is 0 Å². The SMILES string of the molecule is N/C(=C\C(=C/Cc1ccccc1)c1ccc(-n2c3ccccc3c3ccc4c(ccc5ccc6sc7ccccc7c6c54)c32)cc1)c1ccccc1. The molecule has 0 fully saturated rings. The normalized spacial score (nSPS) is 12.6. The summed E-state index contributed by atoms with van der Waals surface area (Å²) in [6, 6.07) is 61.3. The number of aromatic nitrogens is 1. The number of para-hydroxylation sites is 1. The fourth-order valence-corrected chi connectivity index (χ4v) is 9.07. The summed E-state index contributed by atoms with van der Waals surface area (Å²) in [6.45, 7) is 0. The van der Waals surface area contributed by atoms with Crippen molar-refractivity contribution in [2.45, 2.75) is 6.42 Å². The lowest BCUT2D eigenvalue weighted by atomic mass is 9.96. The van der Waals surface area contributed by atoms with Crippen molar-refractivity contribution in [3.05, 3.63) is 199 Å². The highest BCUT2D eigenvalue weighted by molar-refractivity contribution is 7.26. The Labute approximate surface area is 306 Å². The molecule has 10 rings (SSSR count). The summed E-state index contributed by atoms with van der Waals surface area (Å²) in [7, 11) is 0. The molecule has 2 aromatic heterocycles. The van der Waals surface area contributed by atoms with E-state index in [0.29, 0.717) is 0 Å². The zero-order chi connectivity index (χ0) is 34.6. The number of nitrogens with zero attached hydrogens (tertiary/aromatic N) is 1. The first-order chi connectivity index (χ1) is 25.7. The minimum Gasteiger partial charge on any atom is -0.398 e. The van der Waals surface area contributed by atoms with Crippen molar-refractivity contribution in [1.29, 1.82) is 0 Å². The molecular formula is C49H34N2S. The number of allylic oxidation sites excluding steroid dienone is 3. The Balaban J connectivity index is 1.17. The summed E-state index contributed by atoms with van der Waals surface area (Å²) < 4.78 is 5.11. The van der Waals surface area contributed by atoms with E-state index < -0.39 is 0 Å². The molecular weight excluding hydrogens is 649 g/mol. The number of thiophene rings is 1. The van der Waals surface area contributed by atoms with Crippen LogP contribution in [0, 0.1) is 0 Å². The molecule has 0 aliphatic heterocycles. The Morgan fingerprint density at radius 1 is 0.519 bits per heavy atom. The summed E-state index contributed by atoms with van der Waals surface area (Å²) in [5.41, 5.74) is 15.5. The third-order valence-corrected chi connectivity index (χ3v) is 11.6.